The van der Waals surface area contributed by atoms with Crippen LogP contribution in [-0.4, -0.2) is 23.8 Å². The predicted octanol–water partition coefficient (Wildman–Crippen LogP) is 2.42. The van der Waals surface area contributed by atoms with E-state index in [1.807, 2.05) is 0 Å². The summed E-state index contributed by atoms with van der Waals surface area (Å²) in [6, 6.07) is 0. The third kappa shape index (κ3) is 4.97. The molecule has 0 saturated carbocycles. The Labute approximate surface area is 89.1 Å². The number of hydrogen-bond acceptors (Lipinski definition) is 2. The molecule has 0 atom stereocenters. The molecule has 0 amide bonds. The van der Waals surface area contributed by atoms with Crippen LogP contribution >= 0.6 is 0 Å². The summed E-state index contributed by atoms with van der Waals surface area (Å²) in [5.41, 5.74) is 0.355. The van der Waals surface area contributed by atoms with E-state index in [1.165, 1.54) is 0 Å². The minimum absolute atomic E-state index is 0.0426. The molecule has 0 unspecified atom stereocenters. The molecule has 2 heteroatoms. The minimum Gasteiger partial charge on any atom is -0.396 e. The maximum absolute atomic E-state index is 8.90. The molecular formula is C12H27NO. The van der Waals surface area contributed by atoms with Gasteiger partial charge in [0.1, 0.15) is 0 Å². The molecule has 14 heavy (non-hydrogen) atoms. The first-order valence-electron chi connectivity index (χ1n) is 5.57. The highest BCUT2D eigenvalue weighted by molar-refractivity contribution is 4.82. The van der Waals surface area contributed by atoms with Crippen LogP contribution in [0.3, 0.4) is 0 Å². The molecule has 0 rings (SSSR count). The number of aliphatic hydroxyl groups is 1. The largest absolute Gasteiger partial charge is 0.396 e. The number of hydrogen-bond donors (Lipinski definition) is 2. The Kier molecular flexibility index (Phi) is 5.10. The van der Waals surface area contributed by atoms with Crippen LogP contribution in [-0.2, 0) is 0 Å². The highest BCUT2D eigenvalue weighted by atomic mass is 16.3. The molecule has 0 radical (unpaired) electrons. The Hall–Kier alpha value is -0.0800. The van der Waals surface area contributed by atoms with Crippen molar-refractivity contribution in [3.8, 4) is 0 Å². The Morgan fingerprint density at radius 1 is 1.14 bits per heavy atom. The normalized spacial score (nSPS) is 13.7. The Morgan fingerprint density at radius 3 is 2.00 bits per heavy atom. The van der Waals surface area contributed by atoms with E-state index in [0.29, 0.717) is 11.3 Å². The van der Waals surface area contributed by atoms with Crippen molar-refractivity contribution in [3.63, 3.8) is 0 Å². The summed E-state index contributed by atoms with van der Waals surface area (Å²) >= 11 is 0. The molecule has 0 aliphatic rings. The van der Waals surface area contributed by atoms with E-state index in [1.54, 1.807) is 0 Å². The quantitative estimate of drug-likeness (QED) is 0.692. The average molecular weight is 201 g/mol. The lowest BCUT2D eigenvalue weighted by atomic mass is 9.80. The van der Waals surface area contributed by atoms with Crippen LogP contribution in [0.25, 0.3) is 0 Å². The van der Waals surface area contributed by atoms with Crippen LogP contribution in [0.5, 0.6) is 0 Å². The van der Waals surface area contributed by atoms with E-state index in [9.17, 15) is 0 Å². The van der Waals surface area contributed by atoms with Crippen molar-refractivity contribution in [2.24, 2.45) is 11.3 Å². The van der Waals surface area contributed by atoms with Gasteiger partial charge in [-0.25, -0.2) is 0 Å². The molecule has 0 aliphatic carbocycles. The molecule has 0 saturated heterocycles. The maximum atomic E-state index is 8.90. The number of nitrogens with one attached hydrogen (secondary N) is 1. The van der Waals surface area contributed by atoms with Crippen LogP contribution in [0.1, 0.15) is 48.0 Å². The molecule has 0 aliphatic heterocycles. The van der Waals surface area contributed by atoms with Gasteiger partial charge in [-0.15, -0.1) is 0 Å². The summed E-state index contributed by atoms with van der Waals surface area (Å²) in [5.74, 6) is 0.667. The SMILES string of the molecule is CC(C)C(C)(C)CNC(C)(C)CCO. The van der Waals surface area contributed by atoms with Crippen molar-refractivity contribution in [1.29, 1.82) is 0 Å². The fourth-order valence-corrected chi connectivity index (χ4v) is 1.04. The average Bonchev–Trinajstić information content (AvgIpc) is 2.01. The second-order valence-electron chi connectivity index (χ2n) is 5.85. The monoisotopic (exact) mass is 201 g/mol. The molecule has 0 aromatic heterocycles. The van der Waals surface area contributed by atoms with Crippen LogP contribution < -0.4 is 5.32 Å². The zero-order valence-electron chi connectivity index (χ0n) is 10.6. The van der Waals surface area contributed by atoms with Crippen molar-refractivity contribution >= 4 is 0 Å². The molecular weight excluding hydrogens is 174 g/mol. The van der Waals surface area contributed by atoms with Gasteiger partial charge in [0.15, 0.2) is 0 Å². The maximum Gasteiger partial charge on any atom is 0.0448 e. The standard InChI is InChI=1S/C12H27NO/c1-10(2)11(3,4)9-13-12(5,6)7-8-14/h10,13-14H,7-9H2,1-6H3. The summed E-state index contributed by atoms with van der Waals surface area (Å²) < 4.78 is 0. The number of aliphatic hydroxyl groups excluding tert-OH is 1. The van der Waals surface area contributed by atoms with E-state index < -0.39 is 0 Å². The zero-order chi connectivity index (χ0) is 11.4. The van der Waals surface area contributed by atoms with Gasteiger partial charge in [0.25, 0.3) is 0 Å². The lowest BCUT2D eigenvalue weighted by molar-refractivity contribution is 0.183. The van der Waals surface area contributed by atoms with Crippen LogP contribution in [0.2, 0.25) is 0 Å². The van der Waals surface area contributed by atoms with Gasteiger partial charge in [-0.3, -0.25) is 0 Å². The molecule has 0 bridgehead atoms. The molecule has 2 nitrogen and oxygen atoms in total. The Morgan fingerprint density at radius 2 is 1.64 bits per heavy atom. The molecule has 0 spiro atoms. The van der Waals surface area contributed by atoms with Crippen LogP contribution in [0, 0.1) is 11.3 Å². The lowest BCUT2D eigenvalue weighted by Crippen LogP contribution is -2.46. The minimum atomic E-state index is 0.0426. The molecule has 0 heterocycles. The highest BCUT2D eigenvalue weighted by Gasteiger charge is 2.25. The van der Waals surface area contributed by atoms with Crippen molar-refractivity contribution in [3.05, 3.63) is 0 Å². The Balaban J connectivity index is 4.04. The van der Waals surface area contributed by atoms with Gasteiger partial charge in [0.05, 0.1) is 0 Å². The van der Waals surface area contributed by atoms with E-state index in [4.69, 9.17) is 5.11 Å². The third-order valence-electron chi connectivity index (χ3n) is 3.32. The first kappa shape index (κ1) is 13.9. The summed E-state index contributed by atoms with van der Waals surface area (Å²) in [6.45, 7) is 14.6. The molecule has 0 fully saturated rings. The van der Waals surface area contributed by atoms with Gasteiger partial charge >= 0.3 is 0 Å². The van der Waals surface area contributed by atoms with Crippen LogP contribution in [0.4, 0.5) is 0 Å². The van der Waals surface area contributed by atoms with Crippen molar-refractivity contribution in [2.75, 3.05) is 13.2 Å². The summed E-state index contributed by atoms with van der Waals surface area (Å²) in [6.07, 6.45) is 0.807. The van der Waals surface area contributed by atoms with Crippen molar-refractivity contribution < 1.29 is 5.11 Å². The highest BCUT2D eigenvalue weighted by Crippen LogP contribution is 2.25. The van der Waals surface area contributed by atoms with E-state index in [-0.39, 0.29) is 12.1 Å². The fraction of sp³-hybridized carbons (Fsp3) is 1.00. The van der Waals surface area contributed by atoms with Gasteiger partial charge in [-0.1, -0.05) is 27.7 Å². The second kappa shape index (κ2) is 5.13. The summed E-state index contributed by atoms with van der Waals surface area (Å²) in [4.78, 5) is 0. The van der Waals surface area contributed by atoms with Crippen molar-refractivity contribution in [2.45, 2.75) is 53.5 Å². The molecule has 2 N–H and O–H groups in total. The van der Waals surface area contributed by atoms with Gasteiger partial charge in [0.2, 0.25) is 0 Å². The molecule has 0 aromatic rings. The summed E-state index contributed by atoms with van der Waals surface area (Å²) in [7, 11) is 0. The predicted molar refractivity (Wildman–Crippen MR) is 62.4 cm³/mol. The van der Waals surface area contributed by atoms with Gasteiger partial charge in [-0.05, 0) is 31.6 Å². The van der Waals surface area contributed by atoms with E-state index in [2.05, 4.69) is 46.9 Å². The molecule has 86 valence electrons. The Bertz CT molecular complexity index is 162. The molecule has 0 aromatic carbocycles. The smallest absolute Gasteiger partial charge is 0.0448 e. The van der Waals surface area contributed by atoms with Gasteiger partial charge < -0.3 is 10.4 Å². The zero-order valence-corrected chi connectivity index (χ0v) is 10.6. The van der Waals surface area contributed by atoms with Gasteiger partial charge in [0, 0.05) is 18.7 Å². The van der Waals surface area contributed by atoms with E-state index >= 15 is 0 Å². The lowest BCUT2D eigenvalue weighted by Gasteiger charge is -2.35. The van der Waals surface area contributed by atoms with E-state index in [0.717, 1.165) is 13.0 Å². The first-order valence-corrected chi connectivity index (χ1v) is 5.57. The summed E-state index contributed by atoms with van der Waals surface area (Å²) in [5, 5.41) is 12.4. The van der Waals surface area contributed by atoms with Gasteiger partial charge in [-0.2, -0.15) is 0 Å². The number of rotatable bonds is 6. The third-order valence-corrected chi connectivity index (χ3v) is 3.32. The fourth-order valence-electron chi connectivity index (χ4n) is 1.04. The topological polar surface area (TPSA) is 32.3 Å². The van der Waals surface area contributed by atoms with Crippen LogP contribution in [0.15, 0.2) is 0 Å². The first-order chi connectivity index (χ1) is 6.21. The van der Waals surface area contributed by atoms with Crippen molar-refractivity contribution in [1.82, 2.24) is 5.32 Å². The second-order valence-corrected chi connectivity index (χ2v) is 5.85.